The Morgan fingerprint density at radius 1 is 0.744 bits per heavy atom. The molecule has 0 amide bonds. The molecule has 0 saturated heterocycles. The van der Waals surface area contributed by atoms with E-state index in [0.717, 1.165) is 78.9 Å². The van der Waals surface area contributed by atoms with Gasteiger partial charge in [0.1, 0.15) is 0 Å². The maximum Gasteiger partial charge on any atom is 0.194 e. The molecule has 2 nitrogen and oxygen atoms in total. The summed E-state index contributed by atoms with van der Waals surface area (Å²) in [5, 5.41) is 4.95. The topological polar surface area (TPSA) is 34.1 Å². The first-order chi connectivity index (χ1) is 18.9. The van der Waals surface area contributed by atoms with Crippen LogP contribution in [0.15, 0.2) is 119 Å². The van der Waals surface area contributed by atoms with Crippen LogP contribution in [-0.4, -0.2) is 11.6 Å². The minimum atomic E-state index is -0.0142. The molecule has 188 valence electrons. The van der Waals surface area contributed by atoms with E-state index in [1.165, 1.54) is 0 Å². The number of hydrogen-bond donors (Lipinski definition) is 0. The van der Waals surface area contributed by atoms with Crippen LogP contribution in [0, 0.1) is 0 Å². The number of Topliss-reactive ketones (excluding diaryl/α,β-unsaturated/α-hetero) is 2. The molecule has 0 unspecified atom stereocenters. The molecule has 3 heteroatoms. The minimum Gasteiger partial charge on any atom is -0.289 e. The van der Waals surface area contributed by atoms with Crippen molar-refractivity contribution in [3.63, 3.8) is 0 Å². The van der Waals surface area contributed by atoms with Gasteiger partial charge in [-0.05, 0) is 111 Å². The number of benzene rings is 4. The zero-order chi connectivity index (χ0) is 26.8. The summed E-state index contributed by atoms with van der Waals surface area (Å²) in [5.41, 5.74) is 8.33. The van der Waals surface area contributed by atoms with Gasteiger partial charge in [-0.15, -0.1) is 0 Å². The lowest BCUT2D eigenvalue weighted by Gasteiger charge is -2.05. The lowest BCUT2D eigenvalue weighted by atomic mass is 9.98. The van der Waals surface area contributed by atoms with Crippen molar-refractivity contribution >= 4 is 55.9 Å². The lowest BCUT2D eigenvalue weighted by Crippen LogP contribution is -1.98. The van der Waals surface area contributed by atoms with Crippen molar-refractivity contribution < 1.29 is 9.59 Å². The molecule has 0 aliphatic heterocycles. The molecule has 3 aliphatic rings. The Labute approximate surface area is 232 Å². The smallest absolute Gasteiger partial charge is 0.194 e. The third-order valence-corrected chi connectivity index (χ3v) is 8.75. The Morgan fingerprint density at radius 2 is 1.28 bits per heavy atom. The standard InChI is InChI=1S/C36H25ClO2/c1-3-27-30-15-22-9-5-7-11-24(22)17-33(30)36(39)31(27)19-26-13-12-25(34(26)37)18-29-20(2)28-14-21-8-4-6-10-23(21)16-32(28)35(29)38/h4-11,14-19H,2-3,12-13H2,1H3/b26-19+,29-18+. The van der Waals surface area contributed by atoms with Crippen molar-refractivity contribution in [2.24, 2.45) is 0 Å². The largest absolute Gasteiger partial charge is 0.289 e. The van der Waals surface area contributed by atoms with Crippen LogP contribution >= 0.6 is 11.6 Å². The molecule has 0 atom stereocenters. The third kappa shape index (κ3) is 3.63. The second-order valence-corrected chi connectivity index (χ2v) is 10.8. The van der Waals surface area contributed by atoms with E-state index >= 15 is 0 Å². The highest BCUT2D eigenvalue weighted by molar-refractivity contribution is 6.34. The second-order valence-electron chi connectivity index (χ2n) is 10.4. The molecule has 0 N–H and O–H groups in total. The fourth-order valence-electron chi connectivity index (χ4n) is 6.21. The van der Waals surface area contributed by atoms with E-state index < -0.39 is 0 Å². The molecule has 0 saturated carbocycles. The molecule has 4 aromatic rings. The van der Waals surface area contributed by atoms with Gasteiger partial charge in [0.25, 0.3) is 0 Å². The predicted molar refractivity (Wildman–Crippen MR) is 161 cm³/mol. The van der Waals surface area contributed by atoms with Gasteiger partial charge in [0.05, 0.1) is 0 Å². The monoisotopic (exact) mass is 524 g/mol. The molecular formula is C36H25ClO2. The summed E-state index contributed by atoms with van der Waals surface area (Å²) in [6, 6.07) is 24.3. The van der Waals surface area contributed by atoms with Crippen molar-refractivity contribution in [2.75, 3.05) is 0 Å². The van der Waals surface area contributed by atoms with E-state index in [1.807, 2.05) is 72.8 Å². The van der Waals surface area contributed by atoms with Crippen LogP contribution in [0.1, 0.15) is 58.0 Å². The van der Waals surface area contributed by atoms with Crippen LogP contribution in [0.3, 0.4) is 0 Å². The molecule has 0 fully saturated rings. The average Bonchev–Trinajstić information content (AvgIpc) is 3.52. The molecule has 39 heavy (non-hydrogen) atoms. The molecule has 0 heterocycles. The molecule has 0 aromatic heterocycles. The van der Waals surface area contributed by atoms with Gasteiger partial charge < -0.3 is 0 Å². The van der Waals surface area contributed by atoms with Crippen molar-refractivity contribution in [1.29, 1.82) is 0 Å². The molecule has 3 aliphatic carbocycles. The number of hydrogen-bond acceptors (Lipinski definition) is 2. The maximum absolute atomic E-state index is 13.5. The second kappa shape index (κ2) is 8.90. The minimum absolute atomic E-state index is 0.0142. The summed E-state index contributed by atoms with van der Waals surface area (Å²) in [5.74, 6) is 0.0397. The summed E-state index contributed by atoms with van der Waals surface area (Å²) >= 11 is 6.92. The van der Waals surface area contributed by atoms with Gasteiger partial charge in [-0.25, -0.2) is 0 Å². The zero-order valence-electron chi connectivity index (χ0n) is 21.6. The van der Waals surface area contributed by atoms with Crippen molar-refractivity contribution in [1.82, 2.24) is 0 Å². The lowest BCUT2D eigenvalue weighted by molar-refractivity contribution is 0.103. The summed E-state index contributed by atoms with van der Waals surface area (Å²) in [6.45, 7) is 6.35. The molecule has 0 spiro atoms. The number of allylic oxidation sites excluding steroid dienone is 9. The van der Waals surface area contributed by atoms with Gasteiger partial charge in [0.15, 0.2) is 11.6 Å². The molecule has 0 bridgehead atoms. The van der Waals surface area contributed by atoms with Crippen LogP contribution in [-0.2, 0) is 0 Å². The Balaban J connectivity index is 1.26. The average molecular weight is 525 g/mol. The van der Waals surface area contributed by atoms with Gasteiger partial charge >= 0.3 is 0 Å². The number of carbonyl (C=O) groups is 2. The highest BCUT2D eigenvalue weighted by Crippen LogP contribution is 2.44. The normalized spacial score (nSPS) is 19.0. The van der Waals surface area contributed by atoms with Gasteiger partial charge in [-0.1, -0.05) is 73.6 Å². The number of fused-ring (bicyclic) bond motifs is 4. The number of halogens is 1. The third-order valence-electron chi connectivity index (χ3n) is 8.27. The van der Waals surface area contributed by atoms with Gasteiger partial charge in [-0.2, -0.15) is 0 Å². The quantitative estimate of drug-likeness (QED) is 0.250. The number of ketones is 2. The summed E-state index contributed by atoms with van der Waals surface area (Å²) in [7, 11) is 0. The van der Waals surface area contributed by atoms with Gasteiger partial charge in [-0.3, -0.25) is 9.59 Å². The molecule has 7 rings (SSSR count). The van der Waals surface area contributed by atoms with E-state index in [9.17, 15) is 9.59 Å². The van der Waals surface area contributed by atoms with Gasteiger partial charge in [0.2, 0.25) is 0 Å². The van der Waals surface area contributed by atoms with E-state index in [2.05, 4.69) is 25.6 Å². The zero-order valence-corrected chi connectivity index (χ0v) is 22.4. The number of carbonyl (C=O) groups excluding carboxylic acids is 2. The van der Waals surface area contributed by atoms with Crippen molar-refractivity contribution in [3.05, 3.63) is 141 Å². The summed E-state index contributed by atoms with van der Waals surface area (Å²) in [4.78, 5) is 26.9. The molecule has 4 aromatic carbocycles. The van der Waals surface area contributed by atoms with Crippen LogP contribution < -0.4 is 0 Å². The van der Waals surface area contributed by atoms with Crippen molar-refractivity contribution in [2.45, 2.75) is 26.2 Å². The summed E-state index contributed by atoms with van der Waals surface area (Å²) < 4.78 is 0. The fourth-order valence-corrected chi connectivity index (χ4v) is 6.51. The fraction of sp³-hybridized carbons (Fsp3) is 0.111. The van der Waals surface area contributed by atoms with Gasteiger partial charge in [0, 0.05) is 27.3 Å². The Morgan fingerprint density at radius 3 is 1.87 bits per heavy atom. The molecular weight excluding hydrogens is 500 g/mol. The summed E-state index contributed by atoms with van der Waals surface area (Å²) in [6.07, 6.45) is 6.09. The van der Waals surface area contributed by atoms with Crippen LogP contribution in [0.2, 0.25) is 0 Å². The highest BCUT2D eigenvalue weighted by Gasteiger charge is 2.32. The predicted octanol–water partition coefficient (Wildman–Crippen LogP) is 9.40. The van der Waals surface area contributed by atoms with Crippen LogP contribution in [0.4, 0.5) is 0 Å². The number of rotatable bonds is 3. The van der Waals surface area contributed by atoms with Crippen molar-refractivity contribution in [3.8, 4) is 0 Å². The first-order valence-electron chi connectivity index (χ1n) is 13.3. The molecule has 0 radical (unpaired) electrons. The first-order valence-corrected chi connectivity index (χ1v) is 13.7. The van der Waals surface area contributed by atoms with E-state index in [1.54, 1.807) is 0 Å². The van der Waals surface area contributed by atoms with Crippen LogP contribution in [0.25, 0.3) is 32.7 Å². The Bertz CT molecular complexity index is 1890. The Hall–Kier alpha value is -4.27. The first kappa shape index (κ1) is 23.8. The Kier molecular flexibility index (Phi) is 5.43. The van der Waals surface area contributed by atoms with E-state index in [4.69, 9.17) is 11.6 Å². The van der Waals surface area contributed by atoms with E-state index in [0.29, 0.717) is 22.6 Å². The SMILES string of the molecule is C=C1/C(=C\C2=C(Cl)C(=C/C3=C(CC)c4cc5ccccc5cc4C3=O)/CC2)C(=O)c2cc3ccccc3cc21. The van der Waals surface area contributed by atoms with Crippen LogP contribution in [0.5, 0.6) is 0 Å². The maximum atomic E-state index is 13.5. The van der Waals surface area contributed by atoms with E-state index in [-0.39, 0.29) is 11.6 Å². The highest BCUT2D eigenvalue weighted by atomic mass is 35.5.